The maximum atomic E-state index is 13.2. The third-order valence-corrected chi connectivity index (χ3v) is 3.66. The summed E-state index contributed by atoms with van der Waals surface area (Å²) >= 11 is 0. The van der Waals surface area contributed by atoms with E-state index in [0.29, 0.717) is 31.3 Å². The number of carbonyl (C=O) groups is 1. The lowest BCUT2D eigenvalue weighted by atomic mass is 9.96. The lowest BCUT2D eigenvalue weighted by Gasteiger charge is -2.20. The normalized spacial score (nSPS) is 13.1. The van der Waals surface area contributed by atoms with Crippen molar-refractivity contribution in [3.63, 3.8) is 0 Å². The van der Waals surface area contributed by atoms with Gasteiger partial charge in [0.1, 0.15) is 17.7 Å². The first-order valence-corrected chi connectivity index (χ1v) is 8.91. The van der Waals surface area contributed by atoms with E-state index < -0.39 is 5.41 Å². The van der Waals surface area contributed by atoms with E-state index in [9.17, 15) is 9.18 Å². The number of nitrogens with zero attached hydrogens (tertiary/aromatic N) is 1. The highest BCUT2D eigenvalue weighted by Gasteiger charge is 2.20. The van der Waals surface area contributed by atoms with E-state index in [1.165, 1.54) is 12.1 Å². The van der Waals surface area contributed by atoms with Crippen molar-refractivity contribution in [3.8, 4) is 5.75 Å². The summed E-state index contributed by atoms with van der Waals surface area (Å²) in [5.74, 6) is 0.819. The van der Waals surface area contributed by atoms with Gasteiger partial charge in [0.2, 0.25) is 5.91 Å². The van der Waals surface area contributed by atoms with Crippen molar-refractivity contribution in [2.45, 2.75) is 40.2 Å². The standard InChI is InChI=1S/C19H31FN4O2/c1-6-15(26-16-9-7-8-14(20)12-16)13-24-18(21-5)23-11-10-22-17(25)19(2,3)4/h7-9,12,15H,6,10-11,13H2,1-5H3,(H,22,25)(H2,21,23,24). The van der Waals surface area contributed by atoms with Gasteiger partial charge in [0.25, 0.3) is 0 Å². The van der Waals surface area contributed by atoms with Crippen LogP contribution in [0, 0.1) is 11.2 Å². The summed E-state index contributed by atoms with van der Waals surface area (Å²) in [5.41, 5.74) is -0.400. The zero-order chi connectivity index (χ0) is 19.6. The van der Waals surface area contributed by atoms with Gasteiger partial charge in [-0.05, 0) is 18.6 Å². The zero-order valence-electron chi connectivity index (χ0n) is 16.4. The minimum atomic E-state index is -0.400. The van der Waals surface area contributed by atoms with Crippen molar-refractivity contribution >= 4 is 11.9 Å². The van der Waals surface area contributed by atoms with Gasteiger partial charge in [0.05, 0.1) is 6.54 Å². The van der Waals surface area contributed by atoms with E-state index in [2.05, 4.69) is 20.9 Å². The van der Waals surface area contributed by atoms with Gasteiger partial charge in [-0.25, -0.2) is 4.39 Å². The van der Waals surface area contributed by atoms with Crippen molar-refractivity contribution in [1.82, 2.24) is 16.0 Å². The zero-order valence-corrected chi connectivity index (χ0v) is 16.4. The van der Waals surface area contributed by atoms with Crippen LogP contribution in [0.2, 0.25) is 0 Å². The molecule has 1 rings (SSSR count). The van der Waals surface area contributed by atoms with Gasteiger partial charge in [-0.2, -0.15) is 0 Å². The Kier molecular flexibility index (Phi) is 8.88. The van der Waals surface area contributed by atoms with Crippen LogP contribution >= 0.6 is 0 Å². The van der Waals surface area contributed by atoms with E-state index in [1.54, 1.807) is 19.2 Å². The predicted molar refractivity (Wildman–Crippen MR) is 103 cm³/mol. The Bertz CT molecular complexity index is 599. The molecule has 146 valence electrons. The number of nitrogens with one attached hydrogen (secondary N) is 3. The van der Waals surface area contributed by atoms with Crippen molar-refractivity contribution < 1.29 is 13.9 Å². The van der Waals surface area contributed by atoms with Crippen LogP contribution in [0.3, 0.4) is 0 Å². The van der Waals surface area contributed by atoms with Crippen molar-refractivity contribution in [1.29, 1.82) is 0 Å². The molecule has 26 heavy (non-hydrogen) atoms. The number of halogens is 1. The van der Waals surface area contributed by atoms with Crippen LogP contribution in [0.1, 0.15) is 34.1 Å². The summed E-state index contributed by atoms with van der Waals surface area (Å²) in [6.45, 7) is 9.22. The molecule has 0 spiro atoms. The van der Waals surface area contributed by atoms with Gasteiger partial charge in [-0.1, -0.05) is 33.8 Å². The van der Waals surface area contributed by atoms with E-state index in [1.807, 2.05) is 27.7 Å². The molecule has 7 heteroatoms. The maximum Gasteiger partial charge on any atom is 0.225 e. The Labute approximate surface area is 155 Å². The lowest BCUT2D eigenvalue weighted by molar-refractivity contribution is -0.128. The molecule has 6 nitrogen and oxygen atoms in total. The van der Waals surface area contributed by atoms with Crippen LogP contribution in [0.5, 0.6) is 5.75 Å². The molecule has 0 radical (unpaired) electrons. The SMILES string of the molecule is CCC(CNC(=NC)NCCNC(=O)C(C)(C)C)Oc1cccc(F)c1. The number of carbonyl (C=O) groups excluding carboxylic acids is 1. The first-order valence-electron chi connectivity index (χ1n) is 8.91. The summed E-state index contributed by atoms with van der Waals surface area (Å²) in [4.78, 5) is 15.9. The third-order valence-electron chi connectivity index (χ3n) is 3.66. The van der Waals surface area contributed by atoms with Gasteiger partial charge < -0.3 is 20.7 Å². The number of hydrogen-bond acceptors (Lipinski definition) is 3. The summed E-state index contributed by atoms with van der Waals surface area (Å²) in [7, 11) is 1.68. The first-order chi connectivity index (χ1) is 12.3. The van der Waals surface area contributed by atoms with E-state index >= 15 is 0 Å². The Morgan fingerprint density at radius 3 is 2.50 bits per heavy atom. The Morgan fingerprint density at radius 2 is 1.92 bits per heavy atom. The van der Waals surface area contributed by atoms with Crippen molar-refractivity contribution in [2.75, 3.05) is 26.7 Å². The maximum absolute atomic E-state index is 13.2. The number of hydrogen-bond donors (Lipinski definition) is 3. The lowest BCUT2D eigenvalue weighted by Crippen LogP contribution is -2.45. The van der Waals surface area contributed by atoms with Crippen LogP contribution in [-0.4, -0.2) is 44.7 Å². The summed E-state index contributed by atoms with van der Waals surface area (Å²) < 4.78 is 19.0. The Morgan fingerprint density at radius 1 is 1.23 bits per heavy atom. The van der Waals surface area contributed by atoms with Crippen molar-refractivity contribution in [3.05, 3.63) is 30.1 Å². The van der Waals surface area contributed by atoms with Crippen LogP contribution in [0.15, 0.2) is 29.3 Å². The van der Waals surface area contributed by atoms with Crippen molar-refractivity contribution in [2.24, 2.45) is 10.4 Å². The molecular formula is C19H31FN4O2. The fraction of sp³-hybridized carbons (Fsp3) is 0.579. The monoisotopic (exact) mass is 366 g/mol. The van der Waals surface area contributed by atoms with Crippen LogP contribution in [0.4, 0.5) is 4.39 Å². The van der Waals surface area contributed by atoms with Crippen LogP contribution in [-0.2, 0) is 4.79 Å². The Hall–Kier alpha value is -2.31. The summed E-state index contributed by atoms with van der Waals surface area (Å²) in [6.07, 6.45) is 0.651. The second kappa shape index (κ2) is 10.6. The third kappa shape index (κ3) is 8.18. The molecule has 1 aromatic rings. The molecule has 0 aliphatic heterocycles. The molecule has 0 aliphatic rings. The molecule has 0 fully saturated rings. The van der Waals surface area contributed by atoms with E-state index in [4.69, 9.17) is 4.74 Å². The average molecular weight is 366 g/mol. The number of guanidine groups is 1. The molecule has 1 aromatic carbocycles. The molecular weight excluding hydrogens is 335 g/mol. The van der Waals surface area contributed by atoms with Crippen LogP contribution in [0.25, 0.3) is 0 Å². The largest absolute Gasteiger partial charge is 0.489 e. The quantitative estimate of drug-likeness (QED) is 0.375. The minimum Gasteiger partial charge on any atom is -0.489 e. The molecule has 0 aromatic heterocycles. The Balaban J connectivity index is 2.36. The summed E-state index contributed by atoms with van der Waals surface area (Å²) in [6, 6.07) is 6.11. The number of benzene rings is 1. The molecule has 1 unspecified atom stereocenters. The second-order valence-corrected chi connectivity index (χ2v) is 6.99. The summed E-state index contributed by atoms with van der Waals surface area (Å²) in [5, 5.41) is 9.19. The van der Waals surface area contributed by atoms with Gasteiger partial charge >= 0.3 is 0 Å². The molecule has 0 saturated heterocycles. The van der Waals surface area contributed by atoms with Gasteiger partial charge in [0.15, 0.2) is 5.96 Å². The van der Waals surface area contributed by atoms with Gasteiger partial charge in [-0.3, -0.25) is 9.79 Å². The highest BCUT2D eigenvalue weighted by molar-refractivity contribution is 5.81. The number of amides is 1. The first kappa shape index (κ1) is 21.7. The fourth-order valence-electron chi connectivity index (χ4n) is 2.06. The topological polar surface area (TPSA) is 74.8 Å². The molecule has 0 saturated carbocycles. The number of rotatable bonds is 8. The van der Waals surface area contributed by atoms with Gasteiger partial charge in [0, 0.05) is 31.6 Å². The minimum absolute atomic E-state index is 0.0109. The van der Waals surface area contributed by atoms with E-state index in [-0.39, 0.29) is 17.8 Å². The molecule has 1 amide bonds. The predicted octanol–water partition coefficient (Wildman–Crippen LogP) is 2.31. The number of ether oxygens (including phenoxy) is 1. The molecule has 0 bridgehead atoms. The van der Waals surface area contributed by atoms with Crippen LogP contribution < -0.4 is 20.7 Å². The van der Waals surface area contributed by atoms with E-state index in [0.717, 1.165) is 6.42 Å². The molecule has 0 aliphatic carbocycles. The smallest absolute Gasteiger partial charge is 0.225 e. The average Bonchev–Trinajstić information content (AvgIpc) is 2.58. The molecule has 0 heterocycles. The number of aliphatic imine (C=N–C) groups is 1. The second-order valence-electron chi connectivity index (χ2n) is 6.99. The fourth-order valence-corrected chi connectivity index (χ4v) is 2.06. The highest BCUT2D eigenvalue weighted by Crippen LogP contribution is 2.14. The molecule has 1 atom stereocenters. The highest BCUT2D eigenvalue weighted by atomic mass is 19.1. The van der Waals surface area contributed by atoms with Gasteiger partial charge in [-0.15, -0.1) is 0 Å². The molecule has 3 N–H and O–H groups in total.